The molecule has 0 spiro atoms. The molecular formula is C23H25NO4. The van der Waals surface area contributed by atoms with E-state index < -0.39 is 23.8 Å². The molecule has 0 aliphatic carbocycles. The Hall–Kier alpha value is -2.95. The van der Waals surface area contributed by atoms with Crippen molar-refractivity contribution in [2.24, 2.45) is 5.92 Å². The number of ether oxygens (including phenoxy) is 1. The molecule has 0 N–H and O–H groups in total. The predicted octanol–water partition coefficient (Wildman–Crippen LogP) is 4.17. The lowest BCUT2D eigenvalue weighted by molar-refractivity contribution is -0.151. The molecule has 3 rings (SSSR count). The maximum absolute atomic E-state index is 12.8. The highest BCUT2D eigenvalue weighted by atomic mass is 16.5. The number of esters is 1. The number of imide groups is 1. The quantitative estimate of drug-likeness (QED) is 0.558. The van der Waals surface area contributed by atoms with Gasteiger partial charge in [-0.15, -0.1) is 0 Å². The van der Waals surface area contributed by atoms with Crippen LogP contribution in [-0.2, 0) is 16.1 Å². The van der Waals surface area contributed by atoms with Crippen molar-refractivity contribution in [3.63, 3.8) is 0 Å². The van der Waals surface area contributed by atoms with Gasteiger partial charge in [0.2, 0.25) is 0 Å². The summed E-state index contributed by atoms with van der Waals surface area (Å²) in [6.07, 6.45) is 0. The van der Waals surface area contributed by atoms with Gasteiger partial charge in [0.15, 0.2) is 0 Å². The first-order valence-electron chi connectivity index (χ1n) is 9.53. The largest absolute Gasteiger partial charge is 0.459 e. The number of nitrogens with zero attached hydrogens (tertiary/aromatic N) is 1. The van der Waals surface area contributed by atoms with Crippen molar-refractivity contribution in [2.45, 2.75) is 46.3 Å². The van der Waals surface area contributed by atoms with Crippen molar-refractivity contribution in [2.75, 3.05) is 0 Å². The maximum Gasteiger partial charge on any atom is 0.329 e. The van der Waals surface area contributed by atoms with Crippen LogP contribution in [0.2, 0.25) is 0 Å². The normalized spacial score (nSPS) is 14.6. The zero-order valence-corrected chi connectivity index (χ0v) is 16.6. The summed E-state index contributed by atoms with van der Waals surface area (Å²) in [6.45, 7) is 7.93. The van der Waals surface area contributed by atoms with Crippen molar-refractivity contribution in [3.8, 4) is 0 Å². The predicted molar refractivity (Wildman–Crippen MR) is 106 cm³/mol. The Bertz CT molecular complexity index is 864. The van der Waals surface area contributed by atoms with Gasteiger partial charge in [0, 0.05) is 0 Å². The molecule has 0 saturated carbocycles. The number of rotatable bonds is 6. The Morgan fingerprint density at radius 2 is 1.43 bits per heavy atom. The third-order valence-corrected chi connectivity index (χ3v) is 5.00. The highest BCUT2D eigenvalue weighted by Gasteiger charge is 2.44. The zero-order valence-electron chi connectivity index (χ0n) is 16.6. The molecule has 1 aliphatic heterocycles. The first-order chi connectivity index (χ1) is 13.3. The van der Waals surface area contributed by atoms with Crippen LogP contribution in [0.4, 0.5) is 0 Å². The Balaban J connectivity index is 1.75. The van der Waals surface area contributed by atoms with E-state index >= 15 is 0 Å². The second kappa shape index (κ2) is 7.97. The number of fused-ring (bicyclic) bond motifs is 1. The summed E-state index contributed by atoms with van der Waals surface area (Å²) < 4.78 is 5.47. The molecule has 0 fully saturated rings. The van der Waals surface area contributed by atoms with E-state index in [-0.39, 0.29) is 12.5 Å². The van der Waals surface area contributed by atoms with Crippen LogP contribution in [0, 0.1) is 5.92 Å². The van der Waals surface area contributed by atoms with Crippen LogP contribution >= 0.6 is 0 Å². The van der Waals surface area contributed by atoms with E-state index in [1.54, 1.807) is 38.1 Å². The van der Waals surface area contributed by atoms with Gasteiger partial charge in [0.1, 0.15) is 12.6 Å². The molecule has 0 bridgehead atoms. The van der Waals surface area contributed by atoms with E-state index in [0.717, 1.165) is 10.5 Å². The fraction of sp³-hybridized carbons (Fsp3) is 0.348. The Labute approximate surface area is 165 Å². The minimum Gasteiger partial charge on any atom is -0.459 e. The van der Waals surface area contributed by atoms with Gasteiger partial charge in [-0.1, -0.05) is 64.1 Å². The van der Waals surface area contributed by atoms with Crippen molar-refractivity contribution in [1.82, 2.24) is 4.90 Å². The van der Waals surface area contributed by atoms with Crippen molar-refractivity contribution in [3.05, 3.63) is 70.8 Å². The summed E-state index contributed by atoms with van der Waals surface area (Å²) >= 11 is 0. The van der Waals surface area contributed by atoms with E-state index in [2.05, 4.69) is 13.8 Å². The van der Waals surface area contributed by atoms with Crippen molar-refractivity contribution in [1.29, 1.82) is 0 Å². The molecule has 1 aliphatic rings. The maximum atomic E-state index is 12.8. The molecule has 146 valence electrons. The molecule has 5 nitrogen and oxygen atoms in total. The first kappa shape index (κ1) is 19.8. The molecule has 0 saturated heterocycles. The third kappa shape index (κ3) is 3.70. The summed E-state index contributed by atoms with van der Waals surface area (Å²) in [7, 11) is 0. The molecule has 1 heterocycles. The number of hydrogen-bond acceptors (Lipinski definition) is 4. The van der Waals surface area contributed by atoms with Gasteiger partial charge in [-0.05, 0) is 35.1 Å². The second-order valence-corrected chi connectivity index (χ2v) is 7.72. The minimum absolute atomic E-state index is 0.101. The van der Waals surface area contributed by atoms with Gasteiger partial charge < -0.3 is 4.74 Å². The Kier molecular flexibility index (Phi) is 5.63. The molecule has 2 amide bonds. The fourth-order valence-electron chi connectivity index (χ4n) is 3.37. The fourth-order valence-corrected chi connectivity index (χ4v) is 3.37. The molecule has 2 aromatic rings. The zero-order chi connectivity index (χ0) is 20.4. The lowest BCUT2D eigenvalue weighted by Crippen LogP contribution is -2.48. The Morgan fingerprint density at radius 3 is 1.89 bits per heavy atom. The summed E-state index contributed by atoms with van der Waals surface area (Å²) in [4.78, 5) is 39.3. The molecule has 0 radical (unpaired) electrons. The van der Waals surface area contributed by atoms with Crippen LogP contribution in [0.3, 0.4) is 0 Å². The van der Waals surface area contributed by atoms with E-state index in [0.29, 0.717) is 17.0 Å². The summed E-state index contributed by atoms with van der Waals surface area (Å²) in [5.41, 5.74) is 2.73. The lowest BCUT2D eigenvalue weighted by atomic mass is 10.0. The molecule has 1 atom stereocenters. The minimum atomic E-state index is -0.956. The molecule has 2 aromatic carbocycles. The van der Waals surface area contributed by atoms with Crippen LogP contribution < -0.4 is 0 Å². The van der Waals surface area contributed by atoms with Gasteiger partial charge in [-0.2, -0.15) is 0 Å². The number of carbonyl (C=O) groups excluding carboxylic acids is 3. The highest BCUT2D eigenvalue weighted by Crippen LogP contribution is 2.28. The molecule has 5 heteroatoms. The number of carbonyl (C=O) groups is 3. The third-order valence-electron chi connectivity index (χ3n) is 5.00. The van der Waals surface area contributed by atoms with Gasteiger partial charge in [-0.3, -0.25) is 14.5 Å². The van der Waals surface area contributed by atoms with E-state index in [9.17, 15) is 14.4 Å². The van der Waals surface area contributed by atoms with Crippen LogP contribution in [-0.4, -0.2) is 28.7 Å². The molecule has 0 unspecified atom stereocenters. The van der Waals surface area contributed by atoms with Crippen LogP contribution in [0.5, 0.6) is 0 Å². The Morgan fingerprint density at radius 1 is 0.893 bits per heavy atom. The van der Waals surface area contributed by atoms with E-state index in [4.69, 9.17) is 4.74 Å². The van der Waals surface area contributed by atoms with Crippen molar-refractivity contribution < 1.29 is 19.1 Å². The van der Waals surface area contributed by atoms with Crippen molar-refractivity contribution >= 4 is 17.8 Å². The summed E-state index contributed by atoms with van der Waals surface area (Å²) in [5, 5.41) is 0. The molecule has 0 aromatic heterocycles. The number of benzene rings is 2. The average molecular weight is 379 g/mol. The number of amides is 2. The average Bonchev–Trinajstić information content (AvgIpc) is 2.92. The highest BCUT2D eigenvalue weighted by molar-refractivity contribution is 6.22. The van der Waals surface area contributed by atoms with Crippen LogP contribution in [0.15, 0.2) is 48.5 Å². The second-order valence-electron chi connectivity index (χ2n) is 7.72. The van der Waals surface area contributed by atoms with E-state index in [1.807, 2.05) is 24.3 Å². The van der Waals surface area contributed by atoms with Gasteiger partial charge in [0.25, 0.3) is 11.8 Å². The SMILES string of the molecule is CC(C)c1ccc(COC(=O)[C@@H](C(C)C)N2C(=O)c3ccccc3C2=O)cc1. The van der Waals surface area contributed by atoms with Crippen LogP contribution in [0.1, 0.15) is 65.5 Å². The monoisotopic (exact) mass is 379 g/mol. The first-order valence-corrected chi connectivity index (χ1v) is 9.53. The topological polar surface area (TPSA) is 63.7 Å². The van der Waals surface area contributed by atoms with Gasteiger partial charge in [-0.25, -0.2) is 4.79 Å². The summed E-state index contributed by atoms with van der Waals surface area (Å²) in [5.74, 6) is -1.30. The molecule has 28 heavy (non-hydrogen) atoms. The standard InChI is InChI=1S/C23H25NO4/c1-14(2)17-11-9-16(10-12-17)13-28-23(27)20(15(3)4)24-21(25)18-7-5-6-8-19(18)22(24)26/h5-12,14-15,20H,13H2,1-4H3/t20-/m1/s1. The smallest absolute Gasteiger partial charge is 0.329 e. The number of hydrogen-bond donors (Lipinski definition) is 0. The lowest BCUT2D eigenvalue weighted by Gasteiger charge is -2.27. The van der Waals surface area contributed by atoms with Gasteiger partial charge in [0.05, 0.1) is 11.1 Å². The summed E-state index contributed by atoms with van der Waals surface area (Å²) in [6, 6.07) is 13.5. The van der Waals surface area contributed by atoms with E-state index in [1.165, 1.54) is 5.56 Å². The molecular weight excluding hydrogens is 354 g/mol. The van der Waals surface area contributed by atoms with Gasteiger partial charge >= 0.3 is 5.97 Å². The van der Waals surface area contributed by atoms with Crippen LogP contribution in [0.25, 0.3) is 0 Å².